The fraction of sp³-hybridized carbons (Fsp3) is 0.308. The zero-order valence-corrected chi connectivity index (χ0v) is 13.2. The highest BCUT2D eigenvalue weighted by molar-refractivity contribution is 7.89. The number of benzene rings is 1. The van der Waals surface area contributed by atoms with E-state index in [-0.39, 0.29) is 17.7 Å². The number of sulfonamides is 1. The van der Waals surface area contributed by atoms with E-state index in [1.54, 1.807) is 32.2 Å². The van der Waals surface area contributed by atoms with Gasteiger partial charge in [-0.1, -0.05) is 11.6 Å². The Kier molecular flexibility index (Phi) is 4.87. The zero-order valence-electron chi connectivity index (χ0n) is 11.7. The molecule has 2 rings (SSSR count). The second-order valence-corrected chi connectivity index (χ2v) is 6.87. The highest BCUT2D eigenvalue weighted by Crippen LogP contribution is 2.16. The van der Waals surface area contributed by atoms with E-state index in [0.29, 0.717) is 10.8 Å². The van der Waals surface area contributed by atoms with E-state index in [1.807, 2.05) is 0 Å². The molecule has 6 nitrogen and oxygen atoms in total. The van der Waals surface area contributed by atoms with E-state index in [0.717, 1.165) is 0 Å². The Morgan fingerprint density at radius 1 is 1.33 bits per heavy atom. The summed E-state index contributed by atoms with van der Waals surface area (Å²) < 4.78 is 33.4. The third-order valence-electron chi connectivity index (χ3n) is 2.49. The van der Waals surface area contributed by atoms with Gasteiger partial charge in [-0.2, -0.15) is 5.10 Å². The van der Waals surface area contributed by atoms with Crippen molar-refractivity contribution < 1.29 is 13.2 Å². The third-order valence-corrected chi connectivity index (χ3v) is 4.36. The molecule has 2 aromatic rings. The lowest BCUT2D eigenvalue weighted by Crippen LogP contribution is -2.30. The number of nitrogens with one attached hydrogen (secondary N) is 1. The Hall–Kier alpha value is -1.57. The number of rotatable bonds is 6. The number of ether oxygens (including phenoxy) is 1. The molecular weight excluding hydrogens is 314 g/mol. The highest BCUT2D eigenvalue weighted by atomic mass is 35.5. The molecule has 0 bridgehead atoms. The van der Waals surface area contributed by atoms with Crippen molar-refractivity contribution in [1.29, 1.82) is 0 Å². The average molecular weight is 330 g/mol. The number of nitrogens with zero attached hydrogens (tertiary/aromatic N) is 2. The second kappa shape index (κ2) is 6.46. The molecule has 8 heteroatoms. The number of hydrogen-bond acceptors (Lipinski definition) is 4. The van der Waals surface area contributed by atoms with Gasteiger partial charge in [0.2, 0.25) is 10.0 Å². The quantitative estimate of drug-likeness (QED) is 0.882. The lowest BCUT2D eigenvalue weighted by molar-refractivity contribution is 0.221. The van der Waals surface area contributed by atoms with Crippen LogP contribution >= 0.6 is 11.6 Å². The van der Waals surface area contributed by atoms with E-state index in [4.69, 9.17) is 16.3 Å². The predicted octanol–water partition coefficient (Wildman–Crippen LogP) is 2.26. The Bertz CT molecular complexity index is 696. The van der Waals surface area contributed by atoms with Crippen LogP contribution in [0.1, 0.15) is 13.8 Å². The van der Waals surface area contributed by atoms with Crippen molar-refractivity contribution in [2.45, 2.75) is 31.5 Å². The van der Waals surface area contributed by atoms with Crippen LogP contribution in [-0.4, -0.2) is 24.2 Å². The first kappa shape index (κ1) is 15.8. The first-order valence-corrected chi connectivity index (χ1v) is 8.16. The van der Waals surface area contributed by atoms with Gasteiger partial charge in [-0.05, 0) is 38.1 Å². The van der Waals surface area contributed by atoms with E-state index >= 15 is 0 Å². The molecule has 21 heavy (non-hydrogen) atoms. The highest BCUT2D eigenvalue weighted by Gasteiger charge is 2.14. The molecule has 1 heterocycles. The Labute approximate surface area is 128 Å². The summed E-state index contributed by atoms with van der Waals surface area (Å²) in [4.78, 5) is 0.200. The van der Waals surface area contributed by atoms with Crippen LogP contribution in [0.4, 0.5) is 0 Å². The Morgan fingerprint density at radius 3 is 2.52 bits per heavy atom. The van der Waals surface area contributed by atoms with Crippen LogP contribution in [0.3, 0.4) is 0 Å². The summed E-state index contributed by atoms with van der Waals surface area (Å²) in [5.41, 5.74) is 0. The molecule has 0 atom stereocenters. The maximum absolute atomic E-state index is 12.0. The molecule has 0 saturated carbocycles. The topological polar surface area (TPSA) is 73.2 Å². The molecule has 0 aliphatic carbocycles. The van der Waals surface area contributed by atoms with Gasteiger partial charge in [-0.25, -0.2) is 17.8 Å². The van der Waals surface area contributed by atoms with Crippen molar-refractivity contribution in [3.05, 3.63) is 41.7 Å². The maximum Gasteiger partial charge on any atom is 0.240 e. The first-order valence-electron chi connectivity index (χ1n) is 6.30. The normalized spacial score (nSPS) is 11.8. The summed E-state index contributed by atoms with van der Waals surface area (Å²) in [6.45, 7) is 3.73. The minimum absolute atomic E-state index is 0.157. The number of halogens is 1. The van der Waals surface area contributed by atoms with Crippen LogP contribution in [0.25, 0.3) is 0 Å². The summed E-state index contributed by atoms with van der Waals surface area (Å²) in [6, 6.07) is 6.03. The Morgan fingerprint density at radius 2 is 2.00 bits per heavy atom. The average Bonchev–Trinajstić information content (AvgIpc) is 2.81. The molecule has 0 unspecified atom stereocenters. The SMILES string of the molecule is CC(C)NS(=O)(=O)c1ccc(OCn2cc(Cl)cn2)cc1. The van der Waals surface area contributed by atoms with Crippen molar-refractivity contribution in [3.8, 4) is 5.75 Å². The summed E-state index contributed by atoms with van der Waals surface area (Å²) >= 11 is 5.74. The third kappa shape index (κ3) is 4.45. The fourth-order valence-electron chi connectivity index (χ4n) is 1.64. The second-order valence-electron chi connectivity index (χ2n) is 4.72. The summed E-state index contributed by atoms with van der Waals surface area (Å²) in [5.74, 6) is 0.546. The van der Waals surface area contributed by atoms with Gasteiger partial charge in [0.15, 0.2) is 6.73 Å². The van der Waals surface area contributed by atoms with Crippen LogP contribution in [-0.2, 0) is 16.8 Å². The lowest BCUT2D eigenvalue weighted by atomic mass is 10.3. The van der Waals surface area contributed by atoms with Crippen LogP contribution in [0, 0.1) is 0 Å². The molecule has 0 saturated heterocycles. The molecule has 0 aliphatic rings. The number of hydrogen-bond donors (Lipinski definition) is 1. The molecule has 1 aromatic carbocycles. The van der Waals surface area contributed by atoms with Gasteiger partial charge in [-0.15, -0.1) is 0 Å². The van der Waals surface area contributed by atoms with E-state index in [9.17, 15) is 8.42 Å². The summed E-state index contributed by atoms with van der Waals surface area (Å²) in [5, 5.41) is 4.50. The van der Waals surface area contributed by atoms with E-state index in [1.165, 1.54) is 23.0 Å². The molecule has 0 spiro atoms. The van der Waals surface area contributed by atoms with Gasteiger partial charge in [0.1, 0.15) is 5.75 Å². The molecule has 1 N–H and O–H groups in total. The van der Waals surface area contributed by atoms with Crippen LogP contribution < -0.4 is 9.46 Å². The molecule has 0 fully saturated rings. The van der Waals surface area contributed by atoms with Crippen molar-refractivity contribution in [1.82, 2.24) is 14.5 Å². The smallest absolute Gasteiger partial charge is 0.240 e. The van der Waals surface area contributed by atoms with Crippen molar-refractivity contribution in [2.75, 3.05) is 0 Å². The largest absolute Gasteiger partial charge is 0.471 e. The van der Waals surface area contributed by atoms with Crippen molar-refractivity contribution in [2.24, 2.45) is 0 Å². The monoisotopic (exact) mass is 329 g/mol. The van der Waals surface area contributed by atoms with Crippen LogP contribution in [0.15, 0.2) is 41.6 Å². The molecule has 1 aromatic heterocycles. The van der Waals surface area contributed by atoms with Gasteiger partial charge in [-0.3, -0.25) is 0 Å². The number of aromatic nitrogens is 2. The first-order chi connectivity index (χ1) is 9.87. The lowest BCUT2D eigenvalue weighted by Gasteiger charge is -2.10. The van der Waals surface area contributed by atoms with Gasteiger partial charge < -0.3 is 4.74 Å². The molecular formula is C13H16ClN3O3S. The van der Waals surface area contributed by atoms with E-state index in [2.05, 4.69) is 9.82 Å². The van der Waals surface area contributed by atoms with E-state index < -0.39 is 10.0 Å². The van der Waals surface area contributed by atoms with Gasteiger partial charge in [0, 0.05) is 12.2 Å². The van der Waals surface area contributed by atoms with Crippen molar-refractivity contribution >= 4 is 21.6 Å². The van der Waals surface area contributed by atoms with Gasteiger partial charge in [0.25, 0.3) is 0 Å². The van der Waals surface area contributed by atoms with Gasteiger partial charge in [0.05, 0.1) is 16.1 Å². The van der Waals surface area contributed by atoms with Crippen LogP contribution in [0.5, 0.6) is 5.75 Å². The predicted molar refractivity (Wildman–Crippen MR) is 79.8 cm³/mol. The summed E-state index contributed by atoms with van der Waals surface area (Å²) in [7, 11) is -3.48. The zero-order chi connectivity index (χ0) is 15.5. The summed E-state index contributed by atoms with van der Waals surface area (Å²) in [6.07, 6.45) is 3.14. The molecule has 0 radical (unpaired) electrons. The molecule has 0 amide bonds. The molecule has 114 valence electrons. The molecule has 0 aliphatic heterocycles. The minimum Gasteiger partial charge on any atom is -0.471 e. The maximum atomic E-state index is 12.0. The van der Waals surface area contributed by atoms with Crippen LogP contribution in [0.2, 0.25) is 5.02 Å². The van der Waals surface area contributed by atoms with Gasteiger partial charge >= 0.3 is 0 Å². The standard InChI is InChI=1S/C13H16ClN3O3S/c1-10(2)16-21(18,19)13-5-3-12(4-6-13)20-9-17-8-11(14)7-15-17/h3-8,10,16H,9H2,1-2H3. The van der Waals surface area contributed by atoms with Crippen molar-refractivity contribution in [3.63, 3.8) is 0 Å². The Balaban J connectivity index is 2.02. The minimum atomic E-state index is -3.48. The fourth-order valence-corrected chi connectivity index (χ4v) is 3.05.